The highest BCUT2D eigenvalue weighted by molar-refractivity contribution is 6.15. The standard InChI is InChI=1S/C25H18O8/c1-28-19-9-13(10-20-25(19)31-8-7-30-20)16-12-21(26)32-17-5-4-15-23(27)18(33-24(15)22(16)17)11-14-3-2-6-29-14/h2-6,9-11,16H,7-8,12H2,1H3. The molecule has 0 amide bonds. The van der Waals surface area contributed by atoms with Gasteiger partial charge in [-0.25, -0.2) is 0 Å². The first-order valence-corrected chi connectivity index (χ1v) is 10.4. The number of Topliss-reactive ketones (excluding diaryl/α,β-unsaturated/α-hetero) is 1. The topological polar surface area (TPSA) is 93.4 Å². The van der Waals surface area contributed by atoms with Crippen LogP contribution in [0.2, 0.25) is 0 Å². The van der Waals surface area contributed by atoms with Gasteiger partial charge in [0, 0.05) is 17.6 Å². The number of fused-ring (bicyclic) bond motifs is 4. The minimum atomic E-state index is -0.434. The molecule has 0 saturated heterocycles. The smallest absolute Gasteiger partial charge is 0.312 e. The predicted molar refractivity (Wildman–Crippen MR) is 114 cm³/mol. The van der Waals surface area contributed by atoms with Crippen LogP contribution in [0.4, 0.5) is 0 Å². The van der Waals surface area contributed by atoms with Gasteiger partial charge in [0.1, 0.15) is 30.5 Å². The summed E-state index contributed by atoms with van der Waals surface area (Å²) in [4.78, 5) is 25.5. The van der Waals surface area contributed by atoms with Crippen molar-refractivity contribution >= 4 is 17.8 Å². The number of esters is 1. The molecule has 1 atom stereocenters. The van der Waals surface area contributed by atoms with E-state index in [9.17, 15) is 9.59 Å². The van der Waals surface area contributed by atoms with Crippen LogP contribution < -0.4 is 23.7 Å². The third-order valence-corrected chi connectivity index (χ3v) is 5.85. The molecule has 0 saturated carbocycles. The van der Waals surface area contributed by atoms with Crippen LogP contribution >= 0.6 is 0 Å². The van der Waals surface area contributed by atoms with Crippen LogP contribution in [0, 0.1) is 0 Å². The molecule has 2 aromatic carbocycles. The number of rotatable bonds is 3. The molecule has 0 bridgehead atoms. The Morgan fingerprint density at radius 2 is 1.88 bits per heavy atom. The average molecular weight is 446 g/mol. The number of carbonyl (C=O) groups is 2. The number of methoxy groups -OCH3 is 1. The highest BCUT2D eigenvalue weighted by atomic mass is 16.6. The van der Waals surface area contributed by atoms with Gasteiger partial charge >= 0.3 is 5.97 Å². The van der Waals surface area contributed by atoms with E-state index in [0.29, 0.717) is 58.8 Å². The lowest BCUT2D eigenvalue weighted by atomic mass is 9.84. The van der Waals surface area contributed by atoms with Crippen LogP contribution in [-0.4, -0.2) is 32.1 Å². The number of carbonyl (C=O) groups excluding carboxylic acids is 2. The van der Waals surface area contributed by atoms with Gasteiger partial charge in [-0.2, -0.15) is 0 Å². The lowest BCUT2D eigenvalue weighted by Gasteiger charge is -2.28. The lowest BCUT2D eigenvalue weighted by Crippen LogP contribution is -2.22. The molecule has 8 nitrogen and oxygen atoms in total. The van der Waals surface area contributed by atoms with Gasteiger partial charge in [0.2, 0.25) is 11.5 Å². The highest BCUT2D eigenvalue weighted by Crippen LogP contribution is 2.51. The van der Waals surface area contributed by atoms with Crippen molar-refractivity contribution in [3.63, 3.8) is 0 Å². The number of hydrogen-bond donors (Lipinski definition) is 0. The Hall–Kier alpha value is -4.20. The molecule has 1 aromatic heterocycles. The highest BCUT2D eigenvalue weighted by Gasteiger charge is 2.39. The molecule has 33 heavy (non-hydrogen) atoms. The fourth-order valence-corrected chi connectivity index (χ4v) is 4.39. The lowest BCUT2D eigenvalue weighted by molar-refractivity contribution is -0.135. The summed E-state index contributed by atoms with van der Waals surface area (Å²) in [6.45, 7) is 0.840. The first-order valence-electron chi connectivity index (χ1n) is 10.4. The van der Waals surface area contributed by atoms with Gasteiger partial charge in [0.05, 0.1) is 25.4 Å². The van der Waals surface area contributed by atoms with Crippen molar-refractivity contribution in [2.24, 2.45) is 0 Å². The molecule has 0 N–H and O–H groups in total. The van der Waals surface area contributed by atoms with Crippen LogP contribution in [0.15, 0.2) is 52.8 Å². The minimum Gasteiger partial charge on any atom is -0.493 e. The van der Waals surface area contributed by atoms with E-state index >= 15 is 0 Å². The van der Waals surface area contributed by atoms with E-state index in [1.807, 2.05) is 12.1 Å². The molecule has 3 aliphatic heterocycles. The molecule has 6 rings (SSSR count). The van der Waals surface area contributed by atoms with Crippen LogP contribution in [0.25, 0.3) is 6.08 Å². The Balaban J connectivity index is 1.49. The monoisotopic (exact) mass is 446 g/mol. The predicted octanol–water partition coefficient (Wildman–Crippen LogP) is 4.12. The Morgan fingerprint density at radius 3 is 2.70 bits per heavy atom. The Labute approximate surface area is 188 Å². The van der Waals surface area contributed by atoms with Crippen LogP contribution in [-0.2, 0) is 4.79 Å². The van der Waals surface area contributed by atoms with Crippen LogP contribution in [0.3, 0.4) is 0 Å². The average Bonchev–Trinajstić information content (AvgIpc) is 3.45. The summed E-state index contributed by atoms with van der Waals surface area (Å²) >= 11 is 0. The zero-order valence-electron chi connectivity index (χ0n) is 17.6. The molecule has 8 heteroatoms. The maximum Gasteiger partial charge on any atom is 0.312 e. The van der Waals surface area contributed by atoms with Gasteiger partial charge in [0.15, 0.2) is 17.3 Å². The van der Waals surface area contributed by atoms with E-state index in [2.05, 4.69) is 0 Å². The molecular weight excluding hydrogens is 428 g/mol. The van der Waals surface area contributed by atoms with E-state index in [-0.39, 0.29) is 23.9 Å². The Morgan fingerprint density at radius 1 is 1.00 bits per heavy atom. The fourth-order valence-electron chi connectivity index (χ4n) is 4.39. The van der Waals surface area contributed by atoms with E-state index in [4.69, 9.17) is 28.1 Å². The maximum atomic E-state index is 13.0. The first kappa shape index (κ1) is 19.5. The van der Waals surface area contributed by atoms with Gasteiger partial charge in [-0.1, -0.05) is 0 Å². The number of hydrogen-bond acceptors (Lipinski definition) is 8. The van der Waals surface area contributed by atoms with E-state index < -0.39 is 5.92 Å². The zero-order chi connectivity index (χ0) is 22.5. The van der Waals surface area contributed by atoms with Crippen LogP contribution in [0.1, 0.15) is 39.6 Å². The number of ketones is 1. The third-order valence-electron chi connectivity index (χ3n) is 5.85. The van der Waals surface area contributed by atoms with E-state index in [1.54, 1.807) is 37.5 Å². The SMILES string of the molecule is COc1cc(C2CC(=O)Oc3ccc4c(c32)OC(=Cc2ccco2)C4=O)cc2c1OCCO2. The number of allylic oxidation sites excluding steroid dienone is 1. The summed E-state index contributed by atoms with van der Waals surface area (Å²) in [5.41, 5.74) is 1.79. The molecule has 0 fully saturated rings. The summed E-state index contributed by atoms with van der Waals surface area (Å²) < 4.78 is 33.8. The first-order chi connectivity index (χ1) is 16.1. The van der Waals surface area contributed by atoms with Crippen molar-refractivity contribution < 1.29 is 37.7 Å². The summed E-state index contributed by atoms with van der Waals surface area (Å²) in [5, 5.41) is 0. The van der Waals surface area contributed by atoms with Crippen molar-refractivity contribution in [3.05, 3.63) is 70.9 Å². The number of benzene rings is 2. The molecule has 0 radical (unpaired) electrons. The van der Waals surface area contributed by atoms with E-state index in [0.717, 1.165) is 5.56 Å². The van der Waals surface area contributed by atoms with Gasteiger partial charge in [0.25, 0.3) is 0 Å². The zero-order valence-corrected chi connectivity index (χ0v) is 17.6. The normalized spacial score (nSPS) is 19.5. The van der Waals surface area contributed by atoms with Gasteiger partial charge in [-0.05, 0) is 42.0 Å². The van der Waals surface area contributed by atoms with Crippen molar-refractivity contribution in [2.75, 3.05) is 20.3 Å². The Kier molecular flexibility index (Phi) is 4.39. The molecule has 1 unspecified atom stereocenters. The van der Waals surface area contributed by atoms with Gasteiger partial charge in [-0.3, -0.25) is 9.59 Å². The Bertz CT molecular complexity index is 1300. The fraction of sp³-hybridized carbons (Fsp3) is 0.200. The quantitative estimate of drug-likeness (QED) is 0.337. The van der Waals surface area contributed by atoms with Gasteiger partial charge in [-0.15, -0.1) is 0 Å². The van der Waals surface area contributed by atoms with Crippen molar-refractivity contribution in [2.45, 2.75) is 12.3 Å². The summed E-state index contributed by atoms with van der Waals surface area (Å²) in [6, 6.07) is 10.3. The molecule has 0 spiro atoms. The molecule has 166 valence electrons. The third kappa shape index (κ3) is 3.14. The van der Waals surface area contributed by atoms with Gasteiger partial charge < -0.3 is 28.1 Å². The largest absolute Gasteiger partial charge is 0.493 e. The molecule has 4 heterocycles. The van der Waals surface area contributed by atoms with Crippen molar-refractivity contribution in [3.8, 4) is 28.7 Å². The van der Waals surface area contributed by atoms with E-state index in [1.165, 1.54) is 6.26 Å². The second-order valence-corrected chi connectivity index (χ2v) is 7.79. The van der Waals surface area contributed by atoms with Crippen LogP contribution in [0.5, 0.6) is 28.7 Å². The number of furan rings is 1. The molecule has 3 aromatic rings. The van der Waals surface area contributed by atoms with Crippen molar-refractivity contribution in [1.82, 2.24) is 0 Å². The molecule has 0 aliphatic carbocycles. The molecular formula is C25H18O8. The number of ether oxygens (including phenoxy) is 5. The summed E-state index contributed by atoms with van der Waals surface area (Å²) in [6.07, 6.45) is 3.14. The summed E-state index contributed by atoms with van der Waals surface area (Å²) in [7, 11) is 1.55. The second kappa shape index (κ2) is 7.44. The molecule has 3 aliphatic rings. The minimum absolute atomic E-state index is 0.0705. The second-order valence-electron chi connectivity index (χ2n) is 7.79. The summed E-state index contributed by atoms with van der Waals surface area (Å²) in [5.74, 6) is 1.87. The van der Waals surface area contributed by atoms with Crippen molar-refractivity contribution in [1.29, 1.82) is 0 Å². The maximum absolute atomic E-state index is 13.0.